The van der Waals surface area contributed by atoms with Crippen LogP contribution in [0.2, 0.25) is 0 Å². The lowest BCUT2D eigenvalue weighted by Gasteiger charge is -2.09. The van der Waals surface area contributed by atoms with Gasteiger partial charge in [-0.15, -0.1) is 0 Å². The number of carbonyl (C=O) groups is 1. The lowest BCUT2D eigenvalue weighted by Crippen LogP contribution is -2.01. The van der Waals surface area contributed by atoms with Gasteiger partial charge in [0.2, 0.25) is 0 Å². The van der Waals surface area contributed by atoms with Crippen LogP contribution in [0.4, 0.5) is 4.39 Å². The van der Waals surface area contributed by atoms with E-state index in [1.807, 2.05) is 0 Å². The molecule has 0 heterocycles. The number of esters is 1. The highest BCUT2D eigenvalue weighted by Gasteiger charge is 2.09. The van der Waals surface area contributed by atoms with Crippen molar-refractivity contribution in [1.82, 2.24) is 0 Å². The number of hydrogen-bond donors (Lipinski definition) is 0. The molecule has 0 bridgehead atoms. The van der Waals surface area contributed by atoms with Crippen LogP contribution in [0.3, 0.4) is 0 Å². The van der Waals surface area contributed by atoms with Gasteiger partial charge in [0.15, 0.2) is 5.01 Å². The van der Waals surface area contributed by atoms with Gasteiger partial charge >= 0.3 is 5.97 Å². The molecule has 2 nitrogen and oxygen atoms in total. The zero-order chi connectivity index (χ0) is 9.84. The standard InChI is InChI=1S/C9H8BrFO2/c1-6(12)13-9(10)7-2-4-8(11)5-3-7/h2-5,9H,1H3. The topological polar surface area (TPSA) is 26.3 Å². The van der Waals surface area contributed by atoms with Gasteiger partial charge in [0.25, 0.3) is 0 Å². The van der Waals surface area contributed by atoms with Crippen LogP contribution in [0.1, 0.15) is 17.5 Å². The van der Waals surface area contributed by atoms with Gasteiger partial charge in [-0.1, -0.05) is 12.1 Å². The Morgan fingerprint density at radius 2 is 2.00 bits per heavy atom. The Morgan fingerprint density at radius 1 is 1.46 bits per heavy atom. The molecule has 0 radical (unpaired) electrons. The Morgan fingerprint density at radius 3 is 2.46 bits per heavy atom. The lowest BCUT2D eigenvalue weighted by atomic mass is 10.2. The zero-order valence-corrected chi connectivity index (χ0v) is 8.55. The van der Waals surface area contributed by atoms with E-state index in [0.29, 0.717) is 5.56 Å². The average Bonchev–Trinajstić information content (AvgIpc) is 2.04. The number of ether oxygens (including phenoxy) is 1. The minimum absolute atomic E-state index is 0.314. The summed E-state index contributed by atoms with van der Waals surface area (Å²) in [5.74, 6) is -0.697. The highest BCUT2D eigenvalue weighted by atomic mass is 79.9. The van der Waals surface area contributed by atoms with Crippen LogP contribution in [0.5, 0.6) is 0 Å². The van der Waals surface area contributed by atoms with Crippen LogP contribution in [0.25, 0.3) is 0 Å². The molecule has 1 aromatic rings. The molecule has 1 aromatic carbocycles. The van der Waals surface area contributed by atoms with Gasteiger partial charge in [-0.05, 0) is 28.1 Å². The maximum atomic E-state index is 12.5. The summed E-state index contributed by atoms with van der Waals surface area (Å²) in [6, 6.07) is 5.73. The van der Waals surface area contributed by atoms with E-state index in [-0.39, 0.29) is 11.8 Å². The predicted octanol–water partition coefficient (Wildman–Crippen LogP) is 2.78. The molecule has 0 aromatic heterocycles. The summed E-state index contributed by atoms with van der Waals surface area (Å²) in [4.78, 5) is 10.6. The number of halogens is 2. The van der Waals surface area contributed by atoms with Crippen molar-refractivity contribution in [2.75, 3.05) is 0 Å². The second kappa shape index (κ2) is 4.37. The van der Waals surface area contributed by atoms with Crippen LogP contribution >= 0.6 is 15.9 Å². The molecular weight excluding hydrogens is 239 g/mol. The van der Waals surface area contributed by atoms with E-state index in [1.54, 1.807) is 12.1 Å². The largest absolute Gasteiger partial charge is 0.446 e. The van der Waals surface area contributed by atoms with Gasteiger partial charge in [0.1, 0.15) is 5.82 Å². The summed E-state index contributed by atoms with van der Waals surface area (Å²) < 4.78 is 17.3. The molecule has 1 rings (SSSR count). The number of benzene rings is 1. The molecular formula is C9H8BrFO2. The quantitative estimate of drug-likeness (QED) is 0.593. The molecule has 0 saturated carbocycles. The summed E-state index contributed by atoms with van der Waals surface area (Å²) in [6.07, 6.45) is 0. The highest BCUT2D eigenvalue weighted by Crippen LogP contribution is 2.23. The monoisotopic (exact) mass is 246 g/mol. The normalized spacial score (nSPS) is 12.2. The third-order valence-corrected chi connectivity index (χ3v) is 2.12. The maximum Gasteiger partial charge on any atom is 0.304 e. The SMILES string of the molecule is CC(=O)OC(Br)c1ccc(F)cc1. The number of carbonyl (C=O) groups excluding carboxylic acids is 1. The minimum atomic E-state index is -0.509. The minimum Gasteiger partial charge on any atom is -0.446 e. The summed E-state index contributed by atoms with van der Waals surface area (Å²) in [5.41, 5.74) is 0.705. The first kappa shape index (κ1) is 10.2. The van der Waals surface area contributed by atoms with Crippen LogP contribution in [-0.4, -0.2) is 5.97 Å². The molecule has 0 N–H and O–H groups in total. The van der Waals surface area contributed by atoms with Crippen LogP contribution in [0.15, 0.2) is 24.3 Å². The van der Waals surface area contributed by atoms with Crippen molar-refractivity contribution >= 4 is 21.9 Å². The van der Waals surface area contributed by atoms with Gasteiger partial charge in [-0.3, -0.25) is 4.79 Å². The first-order valence-corrected chi connectivity index (χ1v) is 4.58. The molecule has 0 fully saturated rings. The van der Waals surface area contributed by atoms with Gasteiger partial charge < -0.3 is 4.74 Å². The zero-order valence-electron chi connectivity index (χ0n) is 6.96. The lowest BCUT2D eigenvalue weighted by molar-refractivity contribution is -0.142. The van der Waals surface area contributed by atoms with Crippen molar-refractivity contribution in [3.8, 4) is 0 Å². The first-order valence-electron chi connectivity index (χ1n) is 3.66. The fourth-order valence-corrected chi connectivity index (χ4v) is 1.40. The van der Waals surface area contributed by atoms with E-state index in [2.05, 4.69) is 15.9 Å². The van der Waals surface area contributed by atoms with Crippen molar-refractivity contribution in [2.24, 2.45) is 0 Å². The van der Waals surface area contributed by atoms with E-state index >= 15 is 0 Å². The van der Waals surface area contributed by atoms with E-state index in [0.717, 1.165) is 0 Å². The molecule has 70 valence electrons. The second-order valence-electron chi connectivity index (χ2n) is 2.48. The molecule has 4 heteroatoms. The fraction of sp³-hybridized carbons (Fsp3) is 0.222. The predicted molar refractivity (Wildman–Crippen MR) is 49.8 cm³/mol. The van der Waals surface area contributed by atoms with Crippen LogP contribution in [0, 0.1) is 5.82 Å². The molecule has 0 amide bonds. The summed E-state index contributed by atoms with van der Waals surface area (Å²) in [5, 5.41) is -0.509. The molecule has 0 saturated heterocycles. The van der Waals surface area contributed by atoms with Crippen molar-refractivity contribution < 1.29 is 13.9 Å². The highest BCUT2D eigenvalue weighted by molar-refractivity contribution is 9.09. The molecule has 13 heavy (non-hydrogen) atoms. The molecule has 0 aliphatic rings. The average molecular weight is 247 g/mol. The van der Waals surface area contributed by atoms with Crippen molar-refractivity contribution in [3.05, 3.63) is 35.6 Å². The third-order valence-electron chi connectivity index (χ3n) is 1.40. The number of alkyl halides is 1. The van der Waals surface area contributed by atoms with Gasteiger partial charge in [-0.25, -0.2) is 4.39 Å². The van der Waals surface area contributed by atoms with Gasteiger partial charge in [0.05, 0.1) is 0 Å². The number of rotatable bonds is 2. The molecule has 1 atom stereocenters. The smallest absolute Gasteiger partial charge is 0.304 e. The van der Waals surface area contributed by atoms with E-state index in [4.69, 9.17) is 4.74 Å². The maximum absolute atomic E-state index is 12.5. The Bertz CT molecular complexity index is 297. The Kier molecular flexibility index (Phi) is 3.42. The van der Waals surface area contributed by atoms with E-state index in [9.17, 15) is 9.18 Å². The van der Waals surface area contributed by atoms with Crippen LogP contribution < -0.4 is 0 Å². The van der Waals surface area contributed by atoms with Gasteiger partial charge in [-0.2, -0.15) is 0 Å². The Labute approximate surface area is 83.8 Å². The number of hydrogen-bond acceptors (Lipinski definition) is 2. The summed E-state index contributed by atoms with van der Waals surface area (Å²) >= 11 is 3.15. The molecule has 1 unspecified atom stereocenters. The third kappa shape index (κ3) is 3.14. The Hall–Kier alpha value is -0.900. The van der Waals surface area contributed by atoms with Crippen molar-refractivity contribution in [1.29, 1.82) is 0 Å². The second-order valence-corrected chi connectivity index (χ2v) is 3.31. The fourth-order valence-electron chi connectivity index (χ4n) is 0.828. The first-order chi connectivity index (χ1) is 6.09. The summed E-state index contributed by atoms with van der Waals surface area (Å²) in [7, 11) is 0. The van der Waals surface area contributed by atoms with Crippen molar-refractivity contribution in [3.63, 3.8) is 0 Å². The molecule has 0 aliphatic carbocycles. The van der Waals surface area contributed by atoms with E-state index in [1.165, 1.54) is 19.1 Å². The molecule has 0 spiro atoms. The Balaban J connectivity index is 2.71. The van der Waals surface area contributed by atoms with Crippen molar-refractivity contribution in [2.45, 2.75) is 11.9 Å². The van der Waals surface area contributed by atoms with Gasteiger partial charge in [0, 0.05) is 12.5 Å². The summed E-state index contributed by atoms with van der Waals surface area (Å²) in [6.45, 7) is 1.32. The van der Waals surface area contributed by atoms with E-state index < -0.39 is 5.01 Å². The van der Waals surface area contributed by atoms with Crippen LogP contribution in [-0.2, 0) is 9.53 Å². The molecule has 0 aliphatic heterocycles.